The number of fused-ring (bicyclic) bond motifs is 2. The van der Waals surface area contributed by atoms with Crippen molar-refractivity contribution in [3.63, 3.8) is 0 Å². The third kappa shape index (κ3) is 5.89. The Labute approximate surface area is 256 Å². The van der Waals surface area contributed by atoms with Crippen molar-refractivity contribution in [2.24, 2.45) is 0 Å². The van der Waals surface area contributed by atoms with Crippen LogP contribution in [0.15, 0.2) is 97.6 Å². The van der Waals surface area contributed by atoms with E-state index in [9.17, 15) is 4.79 Å². The Bertz CT molecular complexity index is 1940. The molecule has 44 heavy (non-hydrogen) atoms. The predicted molar refractivity (Wildman–Crippen MR) is 177 cm³/mol. The monoisotopic (exact) mass is 585 g/mol. The predicted octanol–water partition coefficient (Wildman–Crippen LogP) is 7.57. The number of hydrogen-bond donors (Lipinski definition) is 3. The Morgan fingerprint density at radius 2 is 1.59 bits per heavy atom. The summed E-state index contributed by atoms with van der Waals surface area (Å²) in [5.74, 6) is 1.28. The average molecular weight is 586 g/mol. The number of hydrogen-bond acceptors (Lipinski definition) is 6. The van der Waals surface area contributed by atoms with Crippen molar-refractivity contribution >= 4 is 45.2 Å². The van der Waals surface area contributed by atoms with Crippen LogP contribution >= 0.6 is 0 Å². The van der Waals surface area contributed by atoms with Crippen LogP contribution < -0.4 is 20.7 Å². The Morgan fingerprint density at radius 3 is 2.36 bits per heavy atom. The number of imidazole rings is 1. The third-order valence-corrected chi connectivity index (χ3v) is 7.60. The summed E-state index contributed by atoms with van der Waals surface area (Å²) in [7, 11) is 1.59. The third-order valence-electron chi connectivity index (χ3n) is 7.60. The van der Waals surface area contributed by atoms with Crippen LogP contribution in [-0.4, -0.2) is 39.2 Å². The van der Waals surface area contributed by atoms with Gasteiger partial charge in [0.05, 0.1) is 24.2 Å². The molecular weight excluding hydrogens is 550 g/mol. The molecule has 0 unspecified atom stereocenters. The SMILES string of the molecule is COc1ccc(C(C)(C)C)cc1NC(=O)Nc1ccc(-n2cnc3c(NCCc4ccccc4)ncnc32)c2ccccc12. The number of rotatable bonds is 8. The highest BCUT2D eigenvalue weighted by Crippen LogP contribution is 2.33. The maximum Gasteiger partial charge on any atom is 0.323 e. The Hall–Kier alpha value is -5.44. The number of urea groups is 1. The fourth-order valence-corrected chi connectivity index (χ4v) is 5.26. The summed E-state index contributed by atoms with van der Waals surface area (Å²) in [5.41, 5.74) is 5.83. The molecule has 0 aliphatic heterocycles. The molecule has 9 heteroatoms. The molecule has 0 fully saturated rings. The second-order valence-electron chi connectivity index (χ2n) is 11.6. The van der Waals surface area contributed by atoms with Crippen LogP contribution in [0.2, 0.25) is 0 Å². The van der Waals surface area contributed by atoms with Gasteiger partial charge in [-0.25, -0.2) is 19.7 Å². The molecule has 2 aromatic heterocycles. The first-order chi connectivity index (χ1) is 21.3. The molecule has 0 spiro atoms. The van der Waals surface area contributed by atoms with E-state index in [1.807, 2.05) is 77.4 Å². The minimum absolute atomic E-state index is 0.0768. The minimum atomic E-state index is -0.362. The van der Waals surface area contributed by atoms with Gasteiger partial charge in [0.25, 0.3) is 0 Å². The van der Waals surface area contributed by atoms with Crippen molar-refractivity contribution < 1.29 is 9.53 Å². The Balaban J connectivity index is 1.26. The summed E-state index contributed by atoms with van der Waals surface area (Å²) < 4.78 is 7.46. The maximum atomic E-state index is 13.2. The first kappa shape index (κ1) is 28.7. The van der Waals surface area contributed by atoms with Crippen molar-refractivity contribution in [3.05, 3.63) is 109 Å². The summed E-state index contributed by atoms with van der Waals surface area (Å²) in [6, 6.07) is 27.6. The van der Waals surface area contributed by atoms with E-state index in [4.69, 9.17) is 4.74 Å². The Morgan fingerprint density at radius 1 is 0.841 bits per heavy atom. The highest BCUT2D eigenvalue weighted by atomic mass is 16.5. The molecule has 222 valence electrons. The van der Waals surface area contributed by atoms with Crippen LogP contribution in [0.5, 0.6) is 5.75 Å². The molecule has 0 saturated heterocycles. The Kier molecular flexibility index (Phi) is 7.85. The largest absolute Gasteiger partial charge is 0.495 e. The zero-order valence-electron chi connectivity index (χ0n) is 25.3. The first-order valence-electron chi connectivity index (χ1n) is 14.6. The molecule has 6 rings (SSSR count). The molecule has 0 aliphatic carbocycles. The van der Waals surface area contributed by atoms with Gasteiger partial charge in [-0.2, -0.15) is 0 Å². The number of carbonyl (C=O) groups excluding carboxylic acids is 1. The molecule has 6 aromatic rings. The fourth-order valence-electron chi connectivity index (χ4n) is 5.26. The van der Waals surface area contributed by atoms with Gasteiger partial charge in [-0.15, -0.1) is 0 Å². The summed E-state index contributed by atoms with van der Waals surface area (Å²) >= 11 is 0. The fraction of sp³-hybridized carbons (Fsp3) is 0.200. The van der Waals surface area contributed by atoms with Crippen LogP contribution in [0.3, 0.4) is 0 Å². The number of aromatic nitrogens is 4. The summed E-state index contributed by atoms with van der Waals surface area (Å²) in [6.07, 6.45) is 4.18. The number of ether oxygens (including phenoxy) is 1. The van der Waals surface area contributed by atoms with Crippen molar-refractivity contribution in [3.8, 4) is 11.4 Å². The molecule has 0 saturated carbocycles. The zero-order chi connectivity index (χ0) is 30.7. The second kappa shape index (κ2) is 12.0. The van der Waals surface area contributed by atoms with Gasteiger partial charge in [-0.3, -0.25) is 4.57 Å². The second-order valence-corrected chi connectivity index (χ2v) is 11.6. The first-order valence-corrected chi connectivity index (χ1v) is 14.6. The van der Waals surface area contributed by atoms with Crippen LogP contribution in [0, 0.1) is 0 Å². The van der Waals surface area contributed by atoms with Gasteiger partial charge in [-0.05, 0) is 47.2 Å². The maximum absolute atomic E-state index is 13.2. The molecule has 0 aliphatic rings. The molecule has 2 heterocycles. The summed E-state index contributed by atoms with van der Waals surface area (Å²) in [5, 5.41) is 11.2. The van der Waals surface area contributed by atoms with Gasteiger partial charge in [0.1, 0.15) is 18.4 Å². The van der Waals surface area contributed by atoms with E-state index in [0.717, 1.165) is 35.0 Å². The summed E-state index contributed by atoms with van der Waals surface area (Å²) in [6.45, 7) is 7.11. The number of nitrogens with one attached hydrogen (secondary N) is 3. The lowest BCUT2D eigenvalue weighted by Gasteiger charge is -2.21. The normalized spacial score (nSPS) is 11.5. The molecular formula is C35H35N7O2. The van der Waals surface area contributed by atoms with Gasteiger partial charge in [-0.1, -0.05) is 81.4 Å². The number of benzene rings is 4. The number of nitrogens with zero attached hydrogens (tertiary/aromatic N) is 4. The van der Waals surface area contributed by atoms with Gasteiger partial charge >= 0.3 is 6.03 Å². The van der Waals surface area contributed by atoms with Crippen molar-refractivity contribution in [2.75, 3.05) is 29.6 Å². The average Bonchev–Trinajstić information content (AvgIpc) is 3.46. The van der Waals surface area contributed by atoms with Crippen LogP contribution in [0.4, 0.5) is 22.0 Å². The van der Waals surface area contributed by atoms with Crippen LogP contribution in [0.25, 0.3) is 27.6 Å². The van der Waals surface area contributed by atoms with Crippen molar-refractivity contribution in [1.29, 1.82) is 0 Å². The van der Waals surface area contributed by atoms with Crippen LogP contribution in [-0.2, 0) is 11.8 Å². The minimum Gasteiger partial charge on any atom is -0.495 e. The number of methoxy groups -OCH3 is 1. The summed E-state index contributed by atoms with van der Waals surface area (Å²) in [4.78, 5) is 26.9. The smallest absolute Gasteiger partial charge is 0.323 e. The highest BCUT2D eigenvalue weighted by molar-refractivity contribution is 6.08. The van der Waals surface area contributed by atoms with E-state index >= 15 is 0 Å². The van der Waals surface area contributed by atoms with E-state index in [2.05, 4.69) is 63.8 Å². The molecule has 0 atom stereocenters. The van der Waals surface area contributed by atoms with E-state index in [1.165, 1.54) is 5.56 Å². The standard InChI is InChI=1S/C35H35N7O2/c1-35(2,3)24-14-17-30(44-4)28(20-24)41-34(43)40-27-15-16-29(26-13-9-8-12-25(26)27)42-22-39-31-32(37-21-38-33(31)42)36-19-18-23-10-6-5-7-11-23/h5-17,20-22H,18-19H2,1-4H3,(H,36,37,38)(H2,40,41,43). The lowest BCUT2D eigenvalue weighted by Crippen LogP contribution is -2.21. The molecule has 4 aromatic carbocycles. The van der Waals surface area contributed by atoms with Gasteiger partial charge < -0.3 is 20.7 Å². The zero-order valence-corrected chi connectivity index (χ0v) is 25.3. The van der Waals surface area contributed by atoms with E-state index in [0.29, 0.717) is 34.1 Å². The van der Waals surface area contributed by atoms with Gasteiger partial charge in [0, 0.05) is 17.3 Å². The lowest BCUT2D eigenvalue weighted by molar-refractivity contribution is 0.262. The molecule has 2 amide bonds. The molecule has 9 nitrogen and oxygen atoms in total. The quantitative estimate of drug-likeness (QED) is 0.170. The van der Waals surface area contributed by atoms with Crippen molar-refractivity contribution in [2.45, 2.75) is 32.6 Å². The lowest BCUT2D eigenvalue weighted by atomic mass is 9.87. The number of carbonyl (C=O) groups is 1. The molecule has 0 bridgehead atoms. The van der Waals surface area contributed by atoms with E-state index in [1.54, 1.807) is 19.8 Å². The topological polar surface area (TPSA) is 106 Å². The van der Waals surface area contributed by atoms with Crippen molar-refractivity contribution in [1.82, 2.24) is 19.5 Å². The number of anilines is 3. The molecule has 0 radical (unpaired) electrons. The van der Waals surface area contributed by atoms with E-state index in [-0.39, 0.29) is 11.4 Å². The van der Waals surface area contributed by atoms with Gasteiger partial charge in [0.15, 0.2) is 17.0 Å². The van der Waals surface area contributed by atoms with E-state index < -0.39 is 0 Å². The van der Waals surface area contributed by atoms with Gasteiger partial charge in [0.2, 0.25) is 0 Å². The molecule has 3 N–H and O–H groups in total. The highest BCUT2D eigenvalue weighted by Gasteiger charge is 2.18. The van der Waals surface area contributed by atoms with Crippen LogP contribution in [0.1, 0.15) is 31.9 Å². The number of amides is 2.